The molecule has 1 aromatic heterocycles. The van der Waals surface area contributed by atoms with E-state index in [1.165, 1.54) is 44.9 Å². The van der Waals surface area contributed by atoms with Crippen molar-refractivity contribution in [1.29, 1.82) is 0 Å². The monoisotopic (exact) mass is 359 g/mol. The number of aromatic hydroxyl groups is 1. The third-order valence-electron chi connectivity index (χ3n) is 5.16. The highest BCUT2D eigenvalue weighted by molar-refractivity contribution is 5.86. The largest absolute Gasteiger partial charge is 0.506 e. The van der Waals surface area contributed by atoms with Gasteiger partial charge in [0.2, 0.25) is 0 Å². The Bertz CT molecular complexity index is 677. The predicted octanol–water partition coefficient (Wildman–Crippen LogP) is 6.28. The van der Waals surface area contributed by atoms with Crippen molar-refractivity contribution >= 4 is 16.9 Å². The Labute approximate surface area is 156 Å². The van der Waals surface area contributed by atoms with Crippen molar-refractivity contribution in [1.82, 2.24) is 4.57 Å². The number of carbonyl (C=O) groups is 1. The number of carboxylic acids is 1. The topological polar surface area (TPSA) is 62.5 Å². The van der Waals surface area contributed by atoms with Crippen LogP contribution in [0.15, 0.2) is 30.5 Å². The molecule has 0 amide bonds. The minimum absolute atomic E-state index is 0.0924. The first-order valence-electron chi connectivity index (χ1n) is 10.1. The van der Waals surface area contributed by atoms with Crippen LogP contribution in [0.4, 0.5) is 0 Å². The molecule has 0 fully saturated rings. The van der Waals surface area contributed by atoms with E-state index < -0.39 is 5.97 Å². The van der Waals surface area contributed by atoms with Gasteiger partial charge < -0.3 is 14.8 Å². The van der Waals surface area contributed by atoms with Crippen molar-refractivity contribution in [3.05, 3.63) is 30.5 Å². The molecule has 26 heavy (non-hydrogen) atoms. The normalized spacial score (nSPS) is 12.5. The van der Waals surface area contributed by atoms with E-state index in [0.29, 0.717) is 0 Å². The van der Waals surface area contributed by atoms with Gasteiger partial charge in [0.15, 0.2) is 0 Å². The van der Waals surface area contributed by atoms with Crippen LogP contribution < -0.4 is 0 Å². The maximum absolute atomic E-state index is 11.3. The Kier molecular flexibility index (Phi) is 8.52. The van der Waals surface area contributed by atoms with Gasteiger partial charge >= 0.3 is 5.97 Å². The zero-order valence-electron chi connectivity index (χ0n) is 16.0. The van der Waals surface area contributed by atoms with Gasteiger partial charge in [-0.1, -0.05) is 76.8 Å². The van der Waals surface area contributed by atoms with Crippen LogP contribution >= 0.6 is 0 Å². The number of aromatic nitrogens is 1. The second-order valence-electron chi connectivity index (χ2n) is 7.31. The molecule has 4 nitrogen and oxygen atoms in total. The smallest absolute Gasteiger partial charge is 0.305 e. The molecule has 0 radical (unpaired) electrons. The van der Waals surface area contributed by atoms with E-state index in [1.54, 1.807) is 6.20 Å². The van der Waals surface area contributed by atoms with Crippen LogP contribution in [0.5, 0.6) is 5.75 Å². The number of unbranched alkanes of at least 4 members (excludes halogenated alkanes) is 8. The standard InChI is InChI=1S/C22H33NO3/c1-2-3-4-5-6-7-8-9-10-13-18(16-22(25)26)23-17-21(24)19-14-11-12-15-20(19)23/h11-12,14-15,17-18,24H,2-10,13,16H2,1H3,(H,25,26). The van der Waals surface area contributed by atoms with E-state index >= 15 is 0 Å². The van der Waals surface area contributed by atoms with E-state index in [1.807, 2.05) is 28.8 Å². The lowest BCUT2D eigenvalue weighted by atomic mass is 10.0. The molecule has 0 saturated heterocycles. The van der Waals surface area contributed by atoms with E-state index in [0.717, 1.165) is 30.2 Å². The van der Waals surface area contributed by atoms with Crippen LogP contribution in [0.25, 0.3) is 10.9 Å². The van der Waals surface area contributed by atoms with Crippen molar-refractivity contribution in [2.45, 2.75) is 83.6 Å². The van der Waals surface area contributed by atoms with Gasteiger partial charge in [-0.05, 0) is 18.6 Å². The minimum Gasteiger partial charge on any atom is -0.506 e. The van der Waals surface area contributed by atoms with Crippen LogP contribution in [-0.4, -0.2) is 20.7 Å². The number of hydrogen-bond acceptors (Lipinski definition) is 2. The zero-order valence-corrected chi connectivity index (χ0v) is 16.0. The summed E-state index contributed by atoms with van der Waals surface area (Å²) >= 11 is 0. The van der Waals surface area contributed by atoms with Crippen LogP contribution in [0, 0.1) is 0 Å². The third-order valence-corrected chi connectivity index (χ3v) is 5.16. The number of para-hydroxylation sites is 1. The Balaban J connectivity index is 1.85. The Hall–Kier alpha value is -1.97. The van der Waals surface area contributed by atoms with Crippen molar-refractivity contribution in [2.24, 2.45) is 0 Å². The SMILES string of the molecule is CCCCCCCCCCCC(CC(=O)O)n1cc(O)c2ccccc21. The molecule has 0 saturated carbocycles. The molecule has 0 spiro atoms. The average Bonchev–Trinajstić information content (AvgIpc) is 2.96. The van der Waals surface area contributed by atoms with E-state index in [2.05, 4.69) is 6.92 Å². The summed E-state index contributed by atoms with van der Waals surface area (Å²) in [7, 11) is 0. The van der Waals surface area contributed by atoms with Gasteiger partial charge in [0.1, 0.15) is 5.75 Å². The maximum Gasteiger partial charge on any atom is 0.305 e. The molecule has 2 N–H and O–H groups in total. The van der Waals surface area contributed by atoms with Gasteiger partial charge in [-0.2, -0.15) is 0 Å². The molecule has 0 aliphatic heterocycles. The number of aliphatic carboxylic acids is 1. The van der Waals surface area contributed by atoms with Gasteiger partial charge in [-0.15, -0.1) is 0 Å². The molecule has 1 atom stereocenters. The zero-order chi connectivity index (χ0) is 18.8. The van der Waals surface area contributed by atoms with Crippen molar-refractivity contribution in [3.63, 3.8) is 0 Å². The molecule has 0 bridgehead atoms. The summed E-state index contributed by atoms with van der Waals surface area (Å²) in [6.45, 7) is 2.24. The van der Waals surface area contributed by atoms with Crippen LogP contribution in [-0.2, 0) is 4.79 Å². The maximum atomic E-state index is 11.3. The first kappa shape index (κ1) is 20.3. The van der Waals surface area contributed by atoms with E-state index in [4.69, 9.17) is 0 Å². The van der Waals surface area contributed by atoms with Crippen LogP contribution in [0.2, 0.25) is 0 Å². The highest BCUT2D eigenvalue weighted by atomic mass is 16.4. The van der Waals surface area contributed by atoms with Crippen molar-refractivity contribution in [3.8, 4) is 5.75 Å². The number of hydrogen-bond donors (Lipinski definition) is 2. The quantitative estimate of drug-likeness (QED) is 0.413. The molecule has 2 rings (SSSR count). The summed E-state index contributed by atoms with van der Waals surface area (Å²) in [6.07, 6.45) is 13.9. The number of nitrogens with zero attached hydrogens (tertiary/aromatic N) is 1. The summed E-state index contributed by atoms with van der Waals surface area (Å²) in [5.41, 5.74) is 0.909. The molecule has 144 valence electrons. The lowest BCUT2D eigenvalue weighted by Gasteiger charge is -2.18. The summed E-state index contributed by atoms with van der Waals surface area (Å²) in [5, 5.41) is 20.2. The molecule has 4 heteroatoms. The minimum atomic E-state index is -0.789. The average molecular weight is 360 g/mol. The molecule has 0 aliphatic carbocycles. The summed E-state index contributed by atoms with van der Waals surface area (Å²) < 4.78 is 1.95. The molecule has 0 aliphatic rings. The summed E-state index contributed by atoms with van der Waals surface area (Å²) in [6, 6.07) is 7.52. The molecule has 1 unspecified atom stereocenters. The van der Waals surface area contributed by atoms with E-state index in [9.17, 15) is 15.0 Å². The second-order valence-corrected chi connectivity index (χ2v) is 7.31. The third kappa shape index (κ3) is 6.08. The van der Waals surface area contributed by atoms with Crippen LogP contribution in [0.1, 0.15) is 83.6 Å². The Morgan fingerprint density at radius 2 is 1.62 bits per heavy atom. The fourth-order valence-electron chi connectivity index (χ4n) is 3.72. The summed E-state index contributed by atoms with van der Waals surface area (Å²) in [4.78, 5) is 11.3. The molecular weight excluding hydrogens is 326 g/mol. The highest BCUT2D eigenvalue weighted by Crippen LogP contribution is 2.32. The number of carboxylic acid groups (broad SMARTS) is 1. The molecular formula is C22H33NO3. The first-order valence-corrected chi connectivity index (χ1v) is 10.1. The fourth-order valence-corrected chi connectivity index (χ4v) is 3.72. The van der Waals surface area contributed by atoms with Gasteiger partial charge in [-0.25, -0.2) is 0 Å². The van der Waals surface area contributed by atoms with E-state index in [-0.39, 0.29) is 18.2 Å². The number of rotatable bonds is 13. The highest BCUT2D eigenvalue weighted by Gasteiger charge is 2.18. The molecule has 2 aromatic rings. The molecule has 1 aromatic carbocycles. The Morgan fingerprint density at radius 3 is 2.27 bits per heavy atom. The lowest BCUT2D eigenvalue weighted by molar-refractivity contribution is -0.137. The van der Waals surface area contributed by atoms with Gasteiger partial charge in [-0.3, -0.25) is 4.79 Å². The lowest BCUT2D eigenvalue weighted by Crippen LogP contribution is -2.13. The predicted molar refractivity (Wildman–Crippen MR) is 107 cm³/mol. The Morgan fingerprint density at radius 1 is 1.00 bits per heavy atom. The van der Waals surface area contributed by atoms with Crippen LogP contribution in [0.3, 0.4) is 0 Å². The van der Waals surface area contributed by atoms with Gasteiger partial charge in [0.05, 0.1) is 11.9 Å². The number of fused-ring (bicyclic) bond motifs is 1. The van der Waals surface area contributed by atoms with Crippen molar-refractivity contribution in [2.75, 3.05) is 0 Å². The number of benzene rings is 1. The second kappa shape index (κ2) is 10.9. The van der Waals surface area contributed by atoms with Gasteiger partial charge in [0, 0.05) is 17.6 Å². The fraction of sp³-hybridized carbons (Fsp3) is 0.591. The van der Waals surface area contributed by atoms with Gasteiger partial charge in [0.25, 0.3) is 0 Å². The van der Waals surface area contributed by atoms with Crippen molar-refractivity contribution < 1.29 is 15.0 Å². The summed E-state index contributed by atoms with van der Waals surface area (Å²) in [5.74, 6) is -0.564. The first-order chi connectivity index (χ1) is 12.6. The molecule has 1 heterocycles.